The third-order valence-electron chi connectivity index (χ3n) is 5.60. The number of aromatic nitrogens is 2. The van der Waals surface area contributed by atoms with Crippen molar-refractivity contribution in [3.05, 3.63) is 89.7 Å². The van der Waals surface area contributed by atoms with Gasteiger partial charge in [0, 0.05) is 12.1 Å². The van der Waals surface area contributed by atoms with E-state index >= 15 is 0 Å². The highest BCUT2D eigenvalue weighted by molar-refractivity contribution is 5.94. The van der Waals surface area contributed by atoms with Crippen LogP contribution >= 0.6 is 0 Å². The van der Waals surface area contributed by atoms with Crippen LogP contribution < -0.4 is 14.8 Å². The predicted octanol–water partition coefficient (Wildman–Crippen LogP) is 5.01. The zero-order valence-electron chi connectivity index (χ0n) is 19.1. The summed E-state index contributed by atoms with van der Waals surface area (Å²) in [5.41, 5.74) is 3.82. The highest BCUT2D eigenvalue weighted by Gasteiger charge is 2.13. The zero-order valence-corrected chi connectivity index (χ0v) is 19.1. The fourth-order valence-corrected chi connectivity index (χ4v) is 3.77. The molecule has 1 N–H and O–H groups in total. The van der Waals surface area contributed by atoms with E-state index in [1.807, 2.05) is 36.4 Å². The molecule has 0 atom stereocenters. The molecule has 0 radical (unpaired) electrons. The molecule has 1 amide bonds. The lowest BCUT2D eigenvalue weighted by Gasteiger charge is -2.12. The normalized spacial score (nSPS) is 10.8. The van der Waals surface area contributed by atoms with Gasteiger partial charge in [-0.2, -0.15) is 0 Å². The summed E-state index contributed by atoms with van der Waals surface area (Å²) >= 11 is 0. The van der Waals surface area contributed by atoms with Crippen molar-refractivity contribution < 1.29 is 14.3 Å². The molecule has 0 spiro atoms. The minimum Gasteiger partial charge on any atom is -0.497 e. The van der Waals surface area contributed by atoms with Gasteiger partial charge >= 0.3 is 0 Å². The Bertz CT molecular complexity index is 1220. The van der Waals surface area contributed by atoms with Crippen molar-refractivity contribution in [2.45, 2.75) is 32.9 Å². The number of ether oxygens (including phenoxy) is 2. The Morgan fingerprint density at radius 3 is 2.61 bits per heavy atom. The van der Waals surface area contributed by atoms with Crippen molar-refractivity contribution in [1.82, 2.24) is 14.9 Å². The molecule has 170 valence electrons. The van der Waals surface area contributed by atoms with E-state index in [1.54, 1.807) is 25.3 Å². The van der Waals surface area contributed by atoms with Gasteiger partial charge in [0.25, 0.3) is 5.91 Å². The number of amides is 1. The first-order chi connectivity index (χ1) is 16.2. The second-order valence-electron chi connectivity index (χ2n) is 7.78. The van der Waals surface area contributed by atoms with E-state index < -0.39 is 0 Å². The van der Waals surface area contributed by atoms with E-state index in [2.05, 4.69) is 35.0 Å². The molecular formula is C27H29N3O3. The Morgan fingerprint density at radius 1 is 1.00 bits per heavy atom. The number of nitrogens with zero attached hydrogens (tertiary/aromatic N) is 2. The molecule has 0 fully saturated rings. The van der Waals surface area contributed by atoms with Gasteiger partial charge in [-0.15, -0.1) is 0 Å². The van der Waals surface area contributed by atoms with E-state index in [1.165, 1.54) is 5.56 Å². The molecule has 33 heavy (non-hydrogen) atoms. The molecule has 0 aliphatic rings. The van der Waals surface area contributed by atoms with Crippen molar-refractivity contribution in [2.75, 3.05) is 13.7 Å². The first-order valence-electron chi connectivity index (χ1n) is 11.3. The Morgan fingerprint density at radius 2 is 1.82 bits per heavy atom. The predicted molar refractivity (Wildman–Crippen MR) is 130 cm³/mol. The number of aryl methyl sites for hydroxylation is 2. The molecule has 1 aromatic heterocycles. The highest BCUT2D eigenvalue weighted by atomic mass is 16.5. The molecule has 1 heterocycles. The summed E-state index contributed by atoms with van der Waals surface area (Å²) in [6.07, 6.45) is 1.85. The quantitative estimate of drug-likeness (QED) is 0.350. The number of fused-ring (bicyclic) bond motifs is 1. The number of benzene rings is 3. The van der Waals surface area contributed by atoms with Crippen LogP contribution in [-0.4, -0.2) is 29.2 Å². The molecule has 0 aliphatic carbocycles. The molecule has 4 aromatic rings. The third kappa shape index (κ3) is 5.52. The maximum absolute atomic E-state index is 12.7. The lowest BCUT2D eigenvalue weighted by Crippen LogP contribution is -2.25. The maximum Gasteiger partial charge on any atom is 0.251 e. The van der Waals surface area contributed by atoms with E-state index in [-0.39, 0.29) is 5.91 Å². The largest absolute Gasteiger partial charge is 0.497 e. The molecule has 0 bridgehead atoms. The van der Waals surface area contributed by atoms with Gasteiger partial charge in [-0.05, 0) is 60.9 Å². The van der Waals surface area contributed by atoms with Crippen LogP contribution in [0.3, 0.4) is 0 Å². The Balaban J connectivity index is 1.41. The van der Waals surface area contributed by atoms with Crippen LogP contribution in [0, 0.1) is 0 Å². The molecule has 6 heteroatoms. The molecule has 4 rings (SSSR count). The molecule has 0 aliphatic heterocycles. The second kappa shape index (κ2) is 10.7. The summed E-state index contributed by atoms with van der Waals surface area (Å²) in [4.78, 5) is 17.4. The molecular weight excluding hydrogens is 414 g/mol. The molecule has 0 unspecified atom stereocenters. The summed E-state index contributed by atoms with van der Waals surface area (Å²) in [6, 6.07) is 23.4. The lowest BCUT2D eigenvalue weighted by molar-refractivity contribution is 0.0949. The Labute approximate surface area is 194 Å². The molecule has 0 saturated heterocycles. The highest BCUT2D eigenvalue weighted by Crippen LogP contribution is 2.18. The summed E-state index contributed by atoms with van der Waals surface area (Å²) in [7, 11) is 1.59. The number of carbonyl (C=O) groups excluding carboxylic acids is 1. The van der Waals surface area contributed by atoms with Crippen LogP contribution in [0.1, 0.15) is 35.1 Å². The van der Waals surface area contributed by atoms with Gasteiger partial charge in [-0.25, -0.2) is 4.98 Å². The van der Waals surface area contributed by atoms with Gasteiger partial charge in [0.05, 0.1) is 31.3 Å². The van der Waals surface area contributed by atoms with E-state index in [0.717, 1.165) is 42.0 Å². The first-order valence-corrected chi connectivity index (χ1v) is 11.3. The summed E-state index contributed by atoms with van der Waals surface area (Å²) < 4.78 is 13.3. The fourth-order valence-electron chi connectivity index (χ4n) is 3.77. The van der Waals surface area contributed by atoms with E-state index in [0.29, 0.717) is 24.5 Å². The van der Waals surface area contributed by atoms with Gasteiger partial charge in [0.2, 0.25) is 0 Å². The van der Waals surface area contributed by atoms with Gasteiger partial charge in [0.15, 0.2) is 0 Å². The first kappa shape index (κ1) is 22.4. The van der Waals surface area contributed by atoms with E-state index in [4.69, 9.17) is 14.5 Å². The Hall–Kier alpha value is -3.80. The number of para-hydroxylation sites is 2. The summed E-state index contributed by atoms with van der Waals surface area (Å²) in [5, 5.41) is 2.99. The lowest BCUT2D eigenvalue weighted by atomic mass is 10.2. The number of methoxy groups -OCH3 is 1. The van der Waals surface area contributed by atoms with Gasteiger partial charge in [-0.3, -0.25) is 4.79 Å². The minimum atomic E-state index is -0.161. The smallest absolute Gasteiger partial charge is 0.251 e. The summed E-state index contributed by atoms with van der Waals surface area (Å²) in [6.45, 7) is 3.83. The van der Waals surface area contributed by atoms with Crippen LogP contribution in [0.5, 0.6) is 11.5 Å². The number of imidazole rings is 1. The standard InChI is InChI=1S/C27H29N3O3/c1-3-20-12-14-22(15-13-20)33-17-7-16-30-25-11-5-4-10-24(25)29-26(30)19-28-27(31)21-8-6-9-23(18-21)32-2/h4-6,8-15,18H,3,7,16-17,19H2,1-2H3,(H,28,31). The summed E-state index contributed by atoms with van der Waals surface area (Å²) in [5.74, 6) is 2.19. The minimum absolute atomic E-state index is 0.161. The van der Waals surface area contributed by atoms with Crippen LogP contribution in [0.25, 0.3) is 11.0 Å². The third-order valence-corrected chi connectivity index (χ3v) is 5.60. The van der Waals surface area contributed by atoms with E-state index in [9.17, 15) is 4.79 Å². The average molecular weight is 444 g/mol. The van der Waals surface area contributed by atoms with Crippen LogP contribution in [0.2, 0.25) is 0 Å². The average Bonchev–Trinajstić information content (AvgIpc) is 3.23. The zero-order chi connectivity index (χ0) is 23.0. The molecule has 6 nitrogen and oxygen atoms in total. The van der Waals surface area contributed by atoms with Crippen LogP contribution in [-0.2, 0) is 19.5 Å². The fraction of sp³-hybridized carbons (Fsp3) is 0.259. The van der Waals surface area contributed by atoms with Crippen molar-refractivity contribution in [1.29, 1.82) is 0 Å². The van der Waals surface area contributed by atoms with Gasteiger partial charge < -0.3 is 19.4 Å². The number of nitrogens with one attached hydrogen (secondary N) is 1. The maximum atomic E-state index is 12.7. The Kier molecular flexibility index (Phi) is 7.25. The molecule has 0 saturated carbocycles. The van der Waals surface area contributed by atoms with Crippen LogP contribution in [0.15, 0.2) is 72.8 Å². The molecule has 3 aromatic carbocycles. The van der Waals surface area contributed by atoms with Crippen molar-refractivity contribution in [2.24, 2.45) is 0 Å². The number of carbonyl (C=O) groups is 1. The van der Waals surface area contributed by atoms with Gasteiger partial charge in [0.1, 0.15) is 17.3 Å². The van der Waals surface area contributed by atoms with Crippen molar-refractivity contribution >= 4 is 16.9 Å². The SMILES string of the molecule is CCc1ccc(OCCCn2c(CNC(=O)c3cccc(OC)c3)nc3ccccc32)cc1. The van der Waals surface area contributed by atoms with Crippen LogP contribution in [0.4, 0.5) is 0 Å². The van der Waals surface area contributed by atoms with Crippen molar-refractivity contribution in [3.63, 3.8) is 0 Å². The topological polar surface area (TPSA) is 65.4 Å². The van der Waals surface area contributed by atoms with Gasteiger partial charge in [-0.1, -0.05) is 37.3 Å². The number of rotatable bonds is 10. The monoisotopic (exact) mass is 443 g/mol. The second-order valence-corrected chi connectivity index (χ2v) is 7.78. The number of hydrogen-bond donors (Lipinski definition) is 1. The van der Waals surface area contributed by atoms with Crippen molar-refractivity contribution in [3.8, 4) is 11.5 Å². The number of hydrogen-bond acceptors (Lipinski definition) is 4.